The van der Waals surface area contributed by atoms with Crippen molar-refractivity contribution in [2.45, 2.75) is 32.8 Å². The second-order valence-electron chi connectivity index (χ2n) is 5.44. The Balaban J connectivity index is 1.90. The molecule has 0 radical (unpaired) electrons. The number of ether oxygens (including phenoxy) is 1. The van der Waals surface area contributed by atoms with Crippen LogP contribution in [0.25, 0.3) is 0 Å². The first-order chi connectivity index (χ1) is 11.0. The average molecular weight is 352 g/mol. The topological polar surface area (TPSA) is 38.3 Å². The van der Waals surface area contributed by atoms with E-state index in [0.717, 1.165) is 17.0 Å². The van der Waals surface area contributed by atoms with Gasteiger partial charge in [0.05, 0.1) is 6.10 Å². The Bertz CT molecular complexity index is 649. The van der Waals surface area contributed by atoms with E-state index in [0.29, 0.717) is 22.9 Å². The van der Waals surface area contributed by atoms with E-state index in [2.05, 4.69) is 5.32 Å². The molecule has 0 aliphatic carbocycles. The molecular formula is C18H19Cl2NO2. The van der Waals surface area contributed by atoms with Crippen molar-refractivity contribution in [2.75, 3.05) is 5.32 Å². The molecule has 0 saturated heterocycles. The minimum atomic E-state index is -0.0847. The Labute approximate surface area is 146 Å². The predicted octanol–water partition coefficient (Wildman–Crippen LogP) is 5.35. The minimum absolute atomic E-state index is 0.0847. The number of anilines is 1. The molecule has 2 aromatic carbocycles. The number of hydrogen-bond acceptors (Lipinski definition) is 2. The summed E-state index contributed by atoms with van der Waals surface area (Å²) in [5.74, 6) is 0.694. The molecule has 0 atom stereocenters. The molecule has 2 aromatic rings. The highest BCUT2D eigenvalue weighted by atomic mass is 35.5. The Morgan fingerprint density at radius 2 is 1.70 bits per heavy atom. The molecule has 5 heteroatoms. The van der Waals surface area contributed by atoms with Crippen LogP contribution in [0.1, 0.15) is 25.8 Å². The van der Waals surface area contributed by atoms with Gasteiger partial charge in [0, 0.05) is 22.2 Å². The number of carbonyl (C=O) groups is 1. The summed E-state index contributed by atoms with van der Waals surface area (Å²) in [6.45, 7) is 3.94. The van der Waals surface area contributed by atoms with Crippen LogP contribution >= 0.6 is 23.2 Å². The molecular weight excluding hydrogens is 333 g/mol. The molecule has 0 fully saturated rings. The maximum absolute atomic E-state index is 12.0. The monoisotopic (exact) mass is 351 g/mol. The van der Waals surface area contributed by atoms with Gasteiger partial charge in [0.15, 0.2) is 0 Å². The normalized spacial score (nSPS) is 10.7. The van der Waals surface area contributed by atoms with Gasteiger partial charge in [0.25, 0.3) is 0 Å². The third-order valence-corrected chi connectivity index (χ3v) is 3.88. The van der Waals surface area contributed by atoms with Crippen LogP contribution in [0.3, 0.4) is 0 Å². The molecule has 0 aromatic heterocycles. The number of amides is 1. The van der Waals surface area contributed by atoms with E-state index >= 15 is 0 Å². The van der Waals surface area contributed by atoms with E-state index in [4.69, 9.17) is 27.9 Å². The van der Waals surface area contributed by atoms with E-state index in [1.54, 1.807) is 18.2 Å². The van der Waals surface area contributed by atoms with Crippen LogP contribution in [0, 0.1) is 0 Å². The van der Waals surface area contributed by atoms with E-state index in [9.17, 15) is 4.79 Å². The molecule has 0 heterocycles. The second kappa shape index (κ2) is 8.23. The van der Waals surface area contributed by atoms with Gasteiger partial charge < -0.3 is 10.1 Å². The van der Waals surface area contributed by atoms with E-state index in [1.165, 1.54) is 0 Å². The summed E-state index contributed by atoms with van der Waals surface area (Å²) in [6.07, 6.45) is 0.933. The Kier molecular flexibility index (Phi) is 6.31. The molecule has 0 aliphatic heterocycles. The van der Waals surface area contributed by atoms with Gasteiger partial charge in [0.2, 0.25) is 5.91 Å². The van der Waals surface area contributed by atoms with Crippen LogP contribution in [0.5, 0.6) is 5.75 Å². The Morgan fingerprint density at radius 1 is 1.09 bits per heavy atom. The van der Waals surface area contributed by atoms with Crippen molar-refractivity contribution in [3.8, 4) is 5.75 Å². The van der Waals surface area contributed by atoms with Crippen molar-refractivity contribution in [1.29, 1.82) is 0 Å². The molecule has 0 saturated carbocycles. The Morgan fingerprint density at radius 3 is 2.26 bits per heavy atom. The lowest BCUT2D eigenvalue weighted by atomic mass is 10.1. The number of nitrogens with one attached hydrogen (secondary N) is 1. The number of carbonyl (C=O) groups excluding carboxylic acids is 1. The summed E-state index contributed by atoms with van der Waals surface area (Å²) in [5.41, 5.74) is 1.53. The van der Waals surface area contributed by atoms with Gasteiger partial charge in [-0.1, -0.05) is 29.3 Å². The Hall–Kier alpha value is -1.71. The van der Waals surface area contributed by atoms with Gasteiger partial charge in [-0.2, -0.15) is 0 Å². The van der Waals surface area contributed by atoms with Gasteiger partial charge in [0.1, 0.15) is 5.75 Å². The van der Waals surface area contributed by atoms with Crippen LogP contribution in [-0.2, 0) is 11.2 Å². The molecule has 23 heavy (non-hydrogen) atoms. The standard InChI is InChI=1S/C18H19Cl2NO2/c1-12(2)23-14-8-6-13(7-9-14)21-18(22)11-10-15-16(19)4-3-5-17(15)20/h3-9,12H,10-11H2,1-2H3,(H,21,22). The second-order valence-corrected chi connectivity index (χ2v) is 6.25. The van der Waals surface area contributed by atoms with Crippen molar-refractivity contribution < 1.29 is 9.53 Å². The molecule has 3 nitrogen and oxygen atoms in total. The first-order valence-corrected chi connectivity index (χ1v) is 8.21. The maximum atomic E-state index is 12.0. The summed E-state index contributed by atoms with van der Waals surface area (Å²) in [5, 5.41) is 4.02. The average Bonchev–Trinajstić information content (AvgIpc) is 2.48. The van der Waals surface area contributed by atoms with Crippen molar-refractivity contribution in [2.24, 2.45) is 0 Å². The lowest BCUT2D eigenvalue weighted by molar-refractivity contribution is -0.116. The van der Waals surface area contributed by atoms with Crippen LogP contribution in [0.4, 0.5) is 5.69 Å². The van der Waals surface area contributed by atoms with Crippen LogP contribution in [-0.4, -0.2) is 12.0 Å². The molecule has 0 unspecified atom stereocenters. The molecule has 1 N–H and O–H groups in total. The quantitative estimate of drug-likeness (QED) is 0.761. The first-order valence-electron chi connectivity index (χ1n) is 7.45. The fourth-order valence-corrected chi connectivity index (χ4v) is 2.71. The smallest absolute Gasteiger partial charge is 0.224 e. The number of benzene rings is 2. The lowest BCUT2D eigenvalue weighted by Crippen LogP contribution is -2.12. The van der Waals surface area contributed by atoms with Gasteiger partial charge in [-0.3, -0.25) is 4.79 Å². The molecule has 122 valence electrons. The molecule has 0 bridgehead atoms. The summed E-state index contributed by atoms with van der Waals surface area (Å²) < 4.78 is 5.56. The largest absolute Gasteiger partial charge is 0.491 e. The zero-order valence-corrected chi connectivity index (χ0v) is 14.6. The van der Waals surface area contributed by atoms with E-state index in [1.807, 2.05) is 38.1 Å². The van der Waals surface area contributed by atoms with Crippen molar-refractivity contribution in [3.63, 3.8) is 0 Å². The fraction of sp³-hybridized carbons (Fsp3) is 0.278. The summed E-state index contributed by atoms with van der Waals surface area (Å²) in [6, 6.07) is 12.6. The summed E-state index contributed by atoms with van der Waals surface area (Å²) in [4.78, 5) is 12.0. The predicted molar refractivity (Wildman–Crippen MR) is 95.6 cm³/mol. The summed E-state index contributed by atoms with van der Waals surface area (Å²) in [7, 11) is 0. The van der Waals surface area contributed by atoms with Crippen molar-refractivity contribution in [3.05, 3.63) is 58.1 Å². The zero-order valence-electron chi connectivity index (χ0n) is 13.1. The minimum Gasteiger partial charge on any atom is -0.491 e. The molecule has 2 rings (SSSR count). The molecule has 0 spiro atoms. The van der Waals surface area contributed by atoms with Crippen molar-refractivity contribution in [1.82, 2.24) is 0 Å². The van der Waals surface area contributed by atoms with E-state index < -0.39 is 0 Å². The van der Waals surface area contributed by atoms with E-state index in [-0.39, 0.29) is 12.0 Å². The third kappa shape index (κ3) is 5.45. The maximum Gasteiger partial charge on any atom is 0.224 e. The van der Waals surface area contributed by atoms with Gasteiger partial charge in [-0.25, -0.2) is 0 Å². The van der Waals surface area contributed by atoms with Crippen molar-refractivity contribution >= 4 is 34.8 Å². The molecule has 1 amide bonds. The number of halogens is 2. The number of rotatable bonds is 6. The van der Waals surface area contributed by atoms with Crippen LogP contribution in [0.2, 0.25) is 10.0 Å². The van der Waals surface area contributed by atoms with Gasteiger partial charge >= 0.3 is 0 Å². The SMILES string of the molecule is CC(C)Oc1ccc(NC(=O)CCc2c(Cl)cccc2Cl)cc1. The fourth-order valence-electron chi connectivity index (χ4n) is 2.12. The van der Waals surface area contributed by atoms with Crippen LogP contribution < -0.4 is 10.1 Å². The summed E-state index contributed by atoms with van der Waals surface area (Å²) >= 11 is 12.2. The molecule has 0 aliphatic rings. The lowest BCUT2D eigenvalue weighted by Gasteiger charge is -2.11. The highest BCUT2D eigenvalue weighted by Gasteiger charge is 2.09. The van der Waals surface area contributed by atoms with Crippen LogP contribution in [0.15, 0.2) is 42.5 Å². The third-order valence-electron chi connectivity index (χ3n) is 3.17. The highest BCUT2D eigenvalue weighted by molar-refractivity contribution is 6.36. The highest BCUT2D eigenvalue weighted by Crippen LogP contribution is 2.25. The van der Waals surface area contributed by atoms with Gasteiger partial charge in [-0.15, -0.1) is 0 Å². The van der Waals surface area contributed by atoms with Gasteiger partial charge in [-0.05, 0) is 62.2 Å². The number of hydrogen-bond donors (Lipinski definition) is 1. The zero-order chi connectivity index (χ0) is 16.8. The first kappa shape index (κ1) is 17.6.